The number of halogens is 1. The lowest BCUT2D eigenvalue weighted by atomic mass is 10.1. The van der Waals surface area contributed by atoms with Gasteiger partial charge in [-0.2, -0.15) is 5.10 Å². The van der Waals surface area contributed by atoms with E-state index in [1.54, 1.807) is 0 Å². The van der Waals surface area contributed by atoms with Crippen LogP contribution in [0.2, 0.25) is 0 Å². The summed E-state index contributed by atoms with van der Waals surface area (Å²) in [7, 11) is -3.22. The van der Waals surface area contributed by atoms with E-state index in [1.807, 2.05) is 0 Å². The lowest BCUT2D eigenvalue weighted by molar-refractivity contribution is -0.147. The Morgan fingerprint density at radius 1 is 1.28 bits per heavy atom. The van der Waals surface area contributed by atoms with Gasteiger partial charge in [-0.05, 0) is 37.6 Å². The van der Waals surface area contributed by atoms with E-state index in [0.717, 1.165) is 5.01 Å². The molecule has 3 rings (SSSR count). The maximum Gasteiger partial charge on any atom is 0.355 e. The van der Waals surface area contributed by atoms with Crippen LogP contribution in [0.3, 0.4) is 0 Å². The van der Waals surface area contributed by atoms with E-state index < -0.39 is 39.7 Å². The Morgan fingerprint density at radius 3 is 2.59 bits per heavy atom. The van der Waals surface area contributed by atoms with Gasteiger partial charge >= 0.3 is 5.97 Å². The number of carbonyl (C=O) groups is 3. The molecule has 1 aromatic carbocycles. The summed E-state index contributed by atoms with van der Waals surface area (Å²) in [4.78, 5) is 36.6. The average Bonchev–Trinajstić information content (AvgIpc) is 3.03. The van der Waals surface area contributed by atoms with Gasteiger partial charge < -0.3 is 10.1 Å². The molecule has 2 heterocycles. The number of nitrogens with one attached hydrogen (secondary N) is 1. The van der Waals surface area contributed by atoms with Gasteiger partial charge in [0.15, 0.2) is 15.9 Å². The van der Waals surface area contributed by atoms with E-state index in [1.165, 1.54) is 31.2 Å². The summed E-state index contributed by atoms with van der Waals surface area (Å²) in [5.41, 5.74) is 0.295. The molecule has 1 saturated heterocycles. The molecule has 29 heavy (non-hydrogen) atoms. The van der Waals surface area contributed by atoms with Crippen LogP contribution in [0.15, 0.2) is 29.4 Å². The number of rotatable bonds is 5. The fraction of sp³-hybridized carbons (Fsp3) is 0.444. The average molecular weight is 425 g/mol. The zero-order chi connectivity index (χ0) is 21.2. The largest absolute Gasteiger partial charge is 0.448 e. The van der Waals surface area contributed by atoms with Gasteiger partial charge in [-0.15, -0.1) is 0 Å². The molecule has 1 N–H and O–H groups in total. The second-order valence-corrected chi connectivity index (χ2v) is 9.11. The van der Waals surface area contributed by atoms with Crippen molar-refractivity contribution in [3.63, 3.8) is 0 Å². The number of ether oxygens (including phenoxy) is 1. The highest BCUT2D eigenvalue weighted by Crippen LogP contribution is 2.22. The van der Waals surface area contributed by atoms with Crippen molar-refractivity contribution < 1.29 is 31.9 Å². The molecule has 0 bridgehead atoms. The normalized spacial score (nSPS) is 22.0. The zero-order valence-corrected chi connectivity index (χ0v) is 16.4. The minimum absolute atomic E-state index is 0.000633. The Balaban J connectivity index is 1.62. The third kappa shape index (κ3) is 5.17. The second-order valence-electron chi connectivity index (χ2n) is 6.89. The summed E-state index contributed by atoms with van der Waals surface area (Å²) < 4.78 is 41.3. The fourth-order valence-electron chi connectivity index (χ4n) is 3.03. The van der Waals surface area contributed by atoms with Crippen molar-refractivity contribution >= 4 is 39.0 Å². The van der Waals surface area contributed by atoms with Crippen LogP contribution < -0.4 is 5.32 Å². The molecule has 2 amide bonds. The van der Waals surface area contributed by atoms with Crippen LogP contribution in [0.1, 0.15) is 26.2 Å². The second kappa shape index (κ2) is 8.27. The van der Waals surface area contributed by atoms with E-state index in [9.17, 15) is 27.2 Å². The van der Waals surface area contributed by atoms with Crippen LogP contribution in [-0.4, -0.2) is 60.6 Å². The third-order valence-electron chi connectivity index (χ3n) is 4.61. The summed E-state index contributed by atoms with van der Waals surface area (Å²) in [5.74, 6) is -2.50. The number of nitrogens with zero attached hydrogens (tertiary/aromatic N) is 2. The first kappa shape index (κ1) is 20.9. The Hall–Kier alpha value is -2.82. The van der Waals surface area contributed by atoms with Crippen molar-refractivity contribution in [1.82, 2.24) is 5.01 Å². The van der Waals surface area contributed by atoms with Gasteiger partial charge in [0.1, 0.15) is 11.5 Å². The van der Waals surface area contributed by atoms with Crippen LogP contribution in [-0.2, 0) is 29.0 Å². The SMILES string of the molecule is CC(OC(=O)C1=NN(C2CCS(=O)(=O)C2)C(=O)CC1)C(=O)Nc1ccc(F)cc1. The minimum Gasteiger partial charge on any atom is -0.448 e. The van der Waals surface area contributed by atoms with Crippen molar-refractivity contribution in [3.8, 4) is 0 Å². The van der Waals surface area contributed by atoms with Gasteiger partial charge in [0.2, 0.25) is 5.91 Å². The molecule has 156 valence electrons. The summed E-state index contributed by atoms with van der Waals surface area (Å²) in [6.45, 7) is 1.37. The highest BCUT2D eigenvalue weighted by atomic mass is 32.2. The van der Waals surface area contributed by atoms with E-state index in [2.05, 4.69) is 10.4 Å². The molecule has 1 aromatic rings. The molecule has 2 unspecified atom stereocenters. The number of hydrogen-bond acceptors (Lipinski definition) is 7. The molecule has 0 aromatic heterocycles. The molecule has 0 aliphatic carbocycles. The van der Waals surface area contributed by atoms with Gasteiger partial charge in [0.05, 0.1) is 17.5 Å². The van der Waals surface area contributed by atoms with Crippen molar-refractivity contribution in [2.24, 2.45) is 5.10 Å². The number of sulfone groups is 1. The first-order chi connectivity index (χ1) is 13.6. The number of hydrazone groups is 1. The predicted octanol–water partition coefficient (Wildman–Crippen LogP) is 0.861. The molecule has 0 radical (unpaired) electrons. The molecule has 0 spiro atoms. The molecule has 2 aliphatic rings. The lowest BCUT2D eigenvalue weighted by Crippen LogP contribution is -2.42. The molecule has 2 atom stereocenters. The Kier molecular flexibility index (Phi) is 5.96. The van der Waals surface area contributed by atoms with E-state index in [4.69, 9.17) is 4.74 Å². The van der Waals surface area contributed by atoms with E-state index >= 15 is 0 Å². The van der Waals surface area contributed by atoms with Crippen LogP contribution in [0.5, 0.6) is 0 Å². The standard InChI is InChI=1S/C18H20FN3O6S/c1-11(17(24)20-13-4-2-12(19)3-5-13)28-18(25)15-6-7-16(23)22(21-15)14-8-9-29(26,27)10-14/h2-5,11,14H,6-10H2,1H3,(H,20,24). The lowest BCUT2D eigenvalue weighted by Gasteiger charge is -2.27. The van der Waals surface area contributed by atoms with Crippen LogP contribution in [0.25, 0.3) is 0 Å². The molecule has 1 fully saturated rings. The number of carbonyl (C=O) groups excluding carboxylic acids is 3. The number of hydrogen-bond donors (Lipinski definition) is 1. The Bertz CT molecular complexity index is 960. The predicted molar refractivity (Wildman–Crippen MR) is 101 cm³/mol. The summed E-state index contributed by atoms with van der Waals surface area (Å²) in [6, 6.07) is 4.49. The quantitative estimate of drug-likeness (QED) is 0.699. The topological polar surface area (TPSA) is 122 Å². The molecular formula is C18H20FN3O6S. The van der Waals surface area contributed by atoms with Gasteiger partial charge in [-0.3, -0.25) is 9.59 Å². The van der Waals surface area contributed by atoms with Gasteiger partial charge in [-0.25, -0.2) is 22.6 Å². The molecule has 0 saturated carbocycles. The first-order valence-corrected chi connectivity index (χ1v) is 10.8. The summed E-state index contributed by atoms with van der Waals surface area (Å²) in [6.07, 6.45) is -0.857. The van der Waals surface area contributed by atoms with Crippen LogP contribution in [0.4, 0.5) is 10.1 Å². The van der Waals surface area contributed by atoms with Crippen molar-refractivity contribution in [2.45, 2.75) is 38.3 Å². The maximum absolute atomic E-state index is 12.9. The monoisotopic (exact) mass is 425 g/mol. The summed E-state index contributed by atoms with van der Waals surface area (Å²) >= 11 is 0. The third-order valence-corrected chi connectivity index (χ3v) is 6.36. The molecule has 2 aliphatic heterocycles. The van der Waals surface area contributed by atoms with Crippen molar-refractivity contribution in [1.29, 1.82) is 0 Å². The molecule has 11 heteroatoms. The van der Waals surface area contributed by atoms with Crippen LogP contribution in [0, 0.1) is 5.82 Å². The fourth-order valence-corrected chi connectivity index (χ4v) is 4.72. The Morgan fingerprint density at radius 2 is 1.97 bits per heavy atom. The van der Waals surface area contributed by atoms with E-state index in [-0.39, 0.29) is 42.4 Å². The van der Waals surface area contributed by atoms with Gasteiger partial charge in [0.25, 0.3) is 5.91 Å². The van der Waals surface area contributed by atoms with E-state index in [0.29, 0.717) is 5.69 Å². The molecular weight excluding hydrogens is 405 g/mol. The smallest absolute Gasteiger partial charge is 0.355 e. The van der Waals surface area contributed by atoms with Gasteiger partial charge in [-0.1, -0.05) is 0 Å². The minimum atomic E-state index is -3.22. The first-order valence-electron chi connectivity index (χ1n) is 9.02. The van der Waals surface area contributed by atoms with Crippen LogP contribution >= 0.6 is 0 Å². The van der Waals surface area contributed by atoms with Crippen molar-refractivity contribution in [3.05, 3.63) is 30.1 Å². The summed E-state index contributed by atoms with van der Waals surface area (Å²) in [5, 5.41) is 7.55. The highest BCUT2D eigenvalue weighted by molar-refractivity contribution is 7.91. The highest BCUT2D eigenvalue weighted by Gasteiger charge is 2.37. The number of amides is 2. The number of benzene rings is 1. The number of esters is 1. The Labute approximate surface area is 166 Å². The molecule has 9 nitrogen and oxygen atoms in total. The maximum atomic E-state index is 12.9. The number of anilines is 1. The van der Waals surface area contributed by atoms with Crippen molar-refractivity contribution in [2.75, 3.05) is 16.8 Å². The zero-order valence-electron chi connectivity index (χ0n) is 15.6. The van der Waals surface area contributed by atoms with Gasteiger partial charge in [0, 0.05) is 18.5 Å².